The van der Waals surface area contributed by atoms with E-state index in [1.54, 1.807) is 0 Å². The summed E-state index contributed by atoms with van der Waals surface area (Å²) in [6.07, 6.45) is 1.22. The molecule has 0 bridgehead atoms. The first-order chi connectivity index (χ1) is 8.51. The Morgan fingerprint density at radius 1 is 1.00 bits per heavy atom. The summed E-state index contributed by atoms with van der Waals surface area (Å²) < 4.78 is 0. The van der Waals surface area contributed by atoms with Gasteiger partial charge in [0, 0.05) is 6.54 Å². The first-order valence-corrected chi connectivity index (χ1v) is 5.51. The SMILES string of the molecule is O=C(CO)NCCCCC(NC(=O)CO)C(=O)O. The zero-order chi connectivity index (χ0) is 14.0. The number of amides is 2. The van der Waals surface area contributed by atoms with Gasteiger partial charge in [-0.05, 0) is 19.3 Å². The van der Waals surface area contributed by atoms with Crippen molar-refractivity contribution < 1.29 is 29.7 Å². The fourth-order valence-corrected chi connectivity index (χ4v) is 1.25. The summed E-state index contributed by atoms with van der Waals surface area (Å²) >= 11 is 0. The number of hydrogen-bond acceptors (Lipinski definition) is 5. The number of aliphatic carboxylic acids is 1. The van der Waals surface area contributed by atoms with Gasteiger partial charge in [-0.2, -0.15) is 0 Å². The standard InChI is InChI=1S/C10H18N2O6/c13-5-8(15)11-4-2-1-3-7(10(17)18)12-9(16)6-14/h7,13-14H,1-6H2,(H,11,15)(H,12,16)(H,17,18). The number of carboxylic acid groups (broad SMARTS) is 1. The van der Waals surface area contributed by atoms with Crippen LogP contribution in [0.2, 0.25) is 0 Å². The maximum Gasteiger partial charge on any atom is 0.326 e. The normalized spacial score (nSPS) is 11.7. The molecule has 18 heavy (non-hydrogen) atoms. The van der Waals surface area contributed by atoms with E-state index in [0.717, 1.165) is 0 Å². The van der Waals surface area contributed by atoms with Gasteiger partial charge >= 0.3 is 5.97 Å². The van der Waals surface area contributed by atoms with Crippen LogP contribution in [-0.2, 0) is 14.4 Å². The first kappa shape index (κ1) is 16.3. The summed E-state index contributed by atoms with van der Waals surface area (Å²) in [6, 6.07) is -1.04. The van der Waals surface area contributed by atoms with Crippen molar-refractivity contribution in [2.75, 3.05) is 19.8 Å². The predicted molar refractivity (Wildman–Crippen MR) is 60.6 cm³/mol. The van der Waals surface area contributed by atoms with E-state index in [9.17, 15) is 14.4 Å². The number of carboxylic acids is 1. The average Bonchev–Trinajstić information content (AvgIpc) is 2.35. The molecule has 8 heteroatoms. The fourth-order valence-electron chi connectivity index (χ4n) is 1.25. The van der Waals surface area contributed by atoms with Gasteiger partial charge in [-0.1, -0.05) is 0 Å². The summed E-state index contributed by atoms with van der Waals surface area (Å²) in [7, 11) is 0. The Kier molecular flexibility index (Phi) is 8.50. The Labute approximate surface area is 104 Å². The highest BCUT2D eigenvalue weighted by Gasteiger charge is 2.18. The topological polar surface area (TPSA) is 136 Å². The molecule has 0 aliphatic carbocycles. The van der Waals surface area contributed by atoms with Crippen LogP contribution in [-0.4, -0.2) is 58.9 Å². The lowest BCUT2D eigenvalue weighted by Crippen LogP contribution is -2.42. The zero-order valence-corrected chi connectivity index (χ0v) is 9.89. The van der Waals surface area contributed by atoms with Crippen molar-refractivity contribution in [3.05, 3.63) is 0 Å². The molecule has 104 valence electrons. The van der Waals surface area contributed by atoms with Crippen molar-refractivity contribution >= 4 is 17.8 Å². The minimum Gasteiger partial charge on any atom is -0.480 e. The summed E-state index contributed by atoms with van der Waals surface area (Å²) in [5.41, 5.74) is 0. The van der Waals surface area contributed by atoms with Crippen LogP contribution >= 0.6 is 0 Å². The van der Waals surface area contributed by atoms with Crippen LogP contribution in [0.25, 0.3) is 0 Å². The van der Waals surface area contributed by atoms with Gasteiger partial charge in [0.25, 0.3) is 0 Å². The van der Waals surface area contributed by atoms with E-state index in [1.807, 2.05) is 0 Å². The van der Waals surface area contributed by atoms with Crippen LogP contribution in [0.5, 0.6) is 0 Å². The number of aliphatic hydroxyl groups excluding tert-OH is 2. The van der Waals surface area contributed by atoms with Crippen molar-refractivity contribution in [3.63, 3.8) is 0 Å². The largest absolute Gasteiger partial charge is 0.480 e. The van der Waals surface area contributed by atoms with Crippen molar-refractivity contribution in [2.45, 2.75) is 25.3 Å². The van der Waals surface area contributed by atoms with E-state index in [-0.39, 0.29) is 6.42 Å². The number of unbranched alkanes of at least 4 members (excludes halogenated alkanes) is 1. The van der Waals surface area contributed by atoms with Crippen molar-refractivity contribution in [1.29, 1.82) is 0 Å². The van der Waals surface area contributed by atoms with Crippen molar-refractivity contribution in [2.24, 2.45) is 0 Å². The molecule has 1 atom stereocenters. The number of nitrogens with one attached hydrogen (secondary N) is 2. The molecule has 0 fully saturated rings. The Morgan fingerprint density at radius 2 is 1.61 bits per heavy atom. The molecule has 5 N–H and O–H groups in total. The Hall–Kier alpha value is -1.67. The summed E-state index contributed by atoms with van der Waals surface area (Å²) in [5.74, 6) is -2.40. The highest BCUT2D eigenvalue weighted by molar-refractivity contribution is 5.83. The van der Waals surface area contributed by atoms with Crippen LogP contribution in [0.15, 0.2) is 0 Å². The van der Waals surface area contributed by atoms with Gasteiger partial charge in [-0.25, -0.2) is 4.79 Å². The van der Waals surface area contributed by atoms with Crippen LogP contribution in [0.4, 0.5) is 0 Å². The minimum atomic E-state index is -1.17. The highest BCUT2D eigenvalue weighted by Crippen LogP contribution is 2.01. The summed E-state index contributed by atoms with van der Waals surface area (Å²) in [6.45, 7) is -1.000. The van der Waals surface area contributed by atoms with Gasteiger partial charge in [0.2, 0.25) is 11.8 Å². The summed E-state index contributed by atoms with van der Waals surface area (Å²) in [4.78, 5) is 32.3. The quantitative estimate of drug-likeness (QED) is 0.300. The number of carbonyl (C=O) groups excluding carboxylic acids is 2. The third-order valence-electron chi connectivity index (χ3n) is 2.16. The molecular formula is C10H18N2O6. The van der Waals surface area contributed by atoms with E-state index >= 15 is 0 Å². The van der Waals surface area contributed by atoms with Gasteiger partial charge < -0.3 is 26.0 Å². The Bertz CT molecular complexity index is 294. The van der Waals surface area contributed by atoms with E-state index in [1.165, 1.54) is 0 Å². The molecule has 0 heterocycles. The molecule has 0 radical (unpaired) electrons. The van der Waals surface area contributed by atoms with Crippen LogP contribution in [0.1, 0.15) is 19.3 Å². The lowest BCUT2D eigenvalue weighted by atomic mass is 10.1. The minimum absolute atomic E-state index is 0.204. The molecule has 8 nitrogen and oxygen atoms in total. The number of hydrogen-bond donors (Lipinski definition) is 5. The first-order valence-electron chi connectivity index (χ1n) is 5.51. The lowest BCUT2D eigenvalue weighted by molar-refractivity contribution is -0.142. The molecule has 0 aromatic rings. The molecule has 2 amide bonds. The van der Waals surface area contributed by atoms with E-state index in [4.69, 9.17) is 15.3 Å². The molecule has 0 aliphatic heterocycles. The third kappa shape index (κ3) is 7.58. The monoisotopic (exact) mass is 262 g/mol. The molecule has 1 unspecified atom stereocenters. The molecule has 0 aromatic heterocycles. The highest BCUT2D eigenvalue weighted by atomic mass is 16.4. The zero-order valence-electron chi connectivity index (χ0n) is 9.89. The van der Waals surface area contributed by atoms with Crippen molar-refractivity contribution in [3.8, 4) is 0 Å². The lowest BCUT2D eigenvalue weighted by Gasteiger charge is -2.13. The smallest absolute Gasteiger partial charge is 0.326 e. The Balaban J connectivity index is 3.81. The van der Waals surface area contributed by atoms with E-state index in [2.05, 4.69) is 10.6 Å². The van der Waals surface area contributed by atoms with Gasteiger partial charge in [0.1, 0.15) is 19.3 Å². The van der Waals surface area contributed by atoms with Gasteiger partial charge in [0.05, 0.1) is 0 Å². The van der Waals surface area contributed by atoms with Gasteiger partial charge in [-0.15, -0.1) is 0 Å². The maximum absolute atomic E-state index is 10.8. The molecule has 0 rings (SSSR count). The predicted octanol–water partition coefficient (Wildman–Crippen LogP) is -2.17. The third-order valence-corrected chi connectivity index (χ3v) is 2.16. The number of carbonyl (C=O) groups is 3. The molecule has 0 aromatic carbocycles. The molecule has 0 saturated heterocycles. The van der Waals surface area contributed by atoms with E-state index < -0.39 is 37.0 Å². The second-order valence-corrected chi connectivity index (χ2v) is 3.62. The second kappa shape index (κ2) is 9.37. The second-order valence-electron chi connectivity index (χ2n) is 3.62. The van der Waals surface area contributed by atoms with Gasteiger partial charge in [0.15, 0.2) is 0 Å². The van der Waals surface area contributed by atoms with Crippen LogP contribution in [0, 0.1) is 0 Å². The Morgan fingerprint density at radius 3 is 2.11 bits per heavy atom. The van der Waals surface area contributed by atoms with Crippen LogP contribution < -0.4 is 10.6 Å². The number of rotatable bonds is 9. The molecule has 0 spiro atoms. The van der Waals surface area contributed by atoms with Crippen molar-refractivity contribution in [1.82, 2.24) is 10.6 Å². The molecule has 0 saturated carbocycles. The molecule has 0 aliphatic rings. The van der Waals surface area contributed by atoms with Gasteiger partial charge in [-0.3, -0.25) is 9.59 Å². The summed E-state index contributed by atoms with van der Waals surface area (Å²) in [5, 5.41) is 30.3. The van der Waals surface area contributed by atoms with Crippen LogP contribution in [0.3, 0.4) is 0 Å². The fraction of sp³-hybridized carbons (Fsp3) is 0.700. The number of aliphatic hydroxyl groups is 2. The average molecular weight is 262 g/mol. The molecular weight excluding hydrogens is 244 g/mol. The maximum atomic E-state index is 10.8. The van der Waals surface area contributed by atoms with E-state index in [0.29, 0.717) is 19.4 Å².